The molecule has 1 fully saturated rings. The zero-order valence-electron chi connectivity index (χ0n) is 6.50. The van der Waals surface area contributed by atoms with E-state index in [0.717, 1.165) is 0 Å². The molecule has 2 N–H and O–H groups in total. The van der Waals surface area contributed by atoms with Crippen LogP contribution in [0.2, 0.25) is 0 Å². The molecule has 1 aliphatic rings. The maximum atomic E-state index is 8.89. The molecule has 62 valence electrons. The van der Waals surface area contributed by atoms with E-state index in [1.165, 1.54) is 0 Å². The number of nitrogens with zero attached hydrogens (tertiary/aromatic N) is 1. The molecule has 1 aliphatic heterocycles. The summed E-state index contributed by atoms with van der Waals surface area (Å²) in [4.78, 5) is 0. The zero-order valence-corrected chi connectivity index (χ0v) is 6.50. The first kappa shape index (κ1) is 8.47. The van der Waals surface area contributed by atoms with Gasteiger partial charge in [0.05, 0.1) is 25.9 Å². The van der Waals surface area contributed by atoms with Crippen molar-refractivity contribution in [2.45, 2.75) is 18.5 Å². The lowest BCUT2D eigenvalue weighted by Crippen LogP contribution is -2.59. The summed E-state index contributed by atoms with van der Waals surface area (Å²) in [7, 11) is 0. The van der Waals surface area contributed by atoms with Crippen LogP contribution in [-0.2, 0) is 4.74 Å². The van der Waals surface area contributed by atoms with Crippen molar-refractivity contribution in [1.29, 1.82) is 5.26 Å². The number of nitrogens with one attached hydrogen (secondary N) is 1. The fourth-order valence-corrected chi connectivity index (χ4v) is 1.16. The van der Waals surface area contributed by atoms with E-state index in [9.17, 15) is 0 Å². The first-order chi connectivity index (χ1) is 5.22. The van der Waals surface area contributed by atoms with Gasteiger partial charge in [-0.25, -0.2) is 0 Å². The summed E-state index contributed by atoms with van der Waals surface area (Å²) < 4.78 is 5.13. The molecule has 2 atom stereocenters. The van der Waals surface area contributed by atoms with Crippen molar-refractivity contribution in [2.24, 2.45) is 0 Å². The van der Waals surface area contributed by atoms with Crippen LogP contribution >= 0.6 is 0 Å². The molecule has 0 bridgehead atoms. The molecular weight excluding hydrogens is 144 g/mol. The second-order valence-corrected chi connectivity index (χ2v) is 2.91. The fourth-order valence-electron chi connectivity index (χ4n) is 1.16. The Hall–Kier alpha value is -0.630. The standard InChI is InChI=1S/C7H12N2O2/c1-6-2-11-5-7(3-8,4-10)9-6/h6,9-10H,2,4-5H2,1H3/t6-,7?/m0/s1. The Morgan fingerprint density at radius 1 is 1.91 bits per heavy atom. The van der Waals surface area contributed by atoms with Crippen LogP contribution in [0.3, 0.4) is 0 Å². The highest BCUT2D eigenvalue weighted by molar-refractivity contribution is 5.09. The van der Waals surface area contributed by atoms with Crippen molar-refractivity contribution in [3.8, 4) is 6.07 Å². The Morgan fingerprint density at radius 2 is 2.64 bits per heavy atom. The molecule has 1 saturated heterocycles. The zero-order chi connectivity index (χ0) is 8.32. The highest BCUT2D eigenvalue weighted by atomic mass is 16.5. The fraction of sp³-hybridized carbons (Fsp3) is 0.857. The van der Waals surface area contributed by atoms with E-state index >= 15 is 0 Å². The Bertz CT molecular complexity index is 178. The van der Waals surface area contributed by atoms with Crippen molar-refractivity contribution in [3.05, 3.63) is 0 Å². The lowest BCUT2D eigenvalue weighted by Gasteiger charge is -2.34. The minimum absolute atomic E-state index is 0.135. The van der Waals surface area contributed by atoms with Gasteiger partial charge in [-0.15, -0.1) is 0 Å². The first-order valence-electron chi connectivity index (χ1n) is 3.60. The smallest absolute Gasteiger partial charge is 0.153 e. The maximum absolute atomic E-state index is 8.89. The van der Waals surface area contributed by atoms with Gasteiger partial charge >= 0.3 is 0 Å². The Morgan fingerprint density at radius 3 is 3.00 bits per heavy atom. The van der Waals surface area contributed by atoms with Crippen LogP contribution in [0.5, 0.6) is 0 Å². The SMILES string of the molecule is C[C@H]1COCC(C#N)(CO)N1. The van der Waals surface area contributed by atoms with Crippen molar-refractivity contribution < 1.29 is 9.84 Å². The van der Waals surface area contributed by atoms with Gasteiger partial charge in [0.2, 0.25) is 0 Å². The summed E-state index contributed by atoms with van der Waals surface area (Å²) in [6, 6.07) is 2.15. The normalized spacial score (nSPS) is 38.1. The summed E-state index contributed by atoms with van der Waals surface area (Å²) in [6.07, 6.45) is 0. The third-order valence-corrected chi connectivity index (χ3v) is 1.72. The Kier molecular flexibility index (Phi) is 2.45. The van der Waals surface area contributed by atoms with Gasteiger partial charge in [0.1, 0.15) is 0 Å². The molecule has 11 heavy (non-hydrogen) atoms. The van der Waals surface area contributed by atoms with Gasteiger partial charge < -0.3 is 9.84 Å². The number of aliphatic hydroxyl groups excluding tert-OH is 1. The van der Waals surface area contributed by atoms with Crippen LogP contribution in [-0.4, -0.2) is 36.5 Å². The van der Waals surface area contributed by atoms with Gasteiger partial charge in [0.15, 0.2) is 5.54 Å². The van der Waals surface area contributed by atoms with E-state index in [4.69, 9.17) is 15.1 Å². The van der Waals surface area contributed by atoms with E-state index in [2.05, 4.69) is 5.32 Å². The number of rotatable bonds is 1. The minimum atomic E-state index is -0.877. The van der Waals surface area contributed by atoms with E-state index in [1.807, 2.05) is 13.0 Å². The number of nitriles is 1. The summed E-state index contributed by atoms with van der Waals surface area (Å²) in [5, 5.41) is 20.6. The number of hydrogen-bond donors (Lipinski definition) is 2. The maximum Gasteiger partial charge on any atom is 0.153 e. The lowest BCUT2D eigenvalue weighted by molar-refractivity contribution is 0.00307. The van der Waals surface area contributed by atoms with E-state index in [-0.39, 0.29) is 19.3 Å². The molecule has 0 aromatic heterocycles. The summed E-state index contributed by atoms with van der Waals surface area (Å²) >= 11 is 0. The van der Waals surface area contributed by atoms with E-state index < -0.39 is 5.54 Å². The molecule has 1 rings (SSSR count). The molecule has 4 nitrogen and oxygen atoms in total. The average molecular weight is 156 g/mol. The molecule has 0 radical (unpaired) electrons. The Balaban J connectivity index is 2.62. The molecule has 0 aromatic rings. The lowest BCUT2D eigenvalue weighted by atomic mass is 10.0. The number of ether oxygens (including phenoxy) is 1. The second-order valence-electron chi connectivity index (χ2n) is 2.91. The van der Waals surface area contributed by atoms with Crippen LogP contribution < -0.4 is 5.32 Å². The first-order valence-corrected chi connectivity index (χ1v) is 3.60. The largest absolute Gasteiger partial charge is 0.393 e. The van der Waals surface area contributed by atoms with Gasteiger partial charge in [0, 0.05) is 6.04 Å². The molecule has 1 unspecified atom stereocenters. The van der Waals surface area contributed by atoms with Crippen LogP contribution in [0.15, 0.2) is 0 Å². The molecule has 0 aliphatic carbocycles. The van der Waals surface area contributed by atoms with Gasteiger partial charge in [-0.2, -0.15) is 5.26 Å². The van der Waals surface area contributed by atoms with Crippen LogP contribution in [0, 0.1) is 11.3 Å². The van der Waals surface area contributed by atoms with Gasteiger partial charge in [0.25, 0.3) is 0 Å². The van der Waals surface area contributed by atoms with Crippen molar-refractivity contribution in [2.75, 3.05) is 19.8 Å². The van der Waals surface area contributed by atoms with Gasteiger partial charge in [-0.3, -0.25) is 5.32 Å². The van der Waals surface area contributed by atoms with Crippen molar-refractivity contribution >= 4 is 0 Å². The molecule has 4 heteroatoms. The third-order valence-electron chi connectivity index (χ3n) is 1.72. The highest BCUT2D eigenvalue weighted by Gasteiger charge is 2.34. The molecule has 0 saturated carbocycles. The molecule has 0 aromatic carbocycles. The second kappa shape index (κ2) is 3.18. The minimum Gasteiger partial charge on any atom is -0.393 e. The average Bonchev–Trinajstić information content (AvgIpc) is 2.04. The van der Waals surface area contributed by atoms with Gasteiger partial charge in [-0.05, 0) is 6.92 Å². The van der Waals surface area contributed by atoms with Crippen LogP contribution in [0.4, 0.5) is 0 Å². The Labute approximate surface area is 65.8 Å². The quantitative estimate of drug-likeness (QED) is 0.524. The predicted octanol–water partition coefficient (Wildman–Crippen LogP) is -0.751. The summed E-state index contributed by atoms with van der Waals surface area (Å²) in [5.74, 6) is 0. The molecule has 0 spiro atoms. The summed E-state index contributed by atoms with van der Waals surface area (Å²) in [6.45, 7) is 2.59. The molecule has 0 amide bonds. The number of aliphatic hydroxyl groups is 1. The number of hydrogen-bond acceptors (Lipinski definition) is 4. The predicted molar refractivity (Wildman–Crippen MR) is 38.8 cm³/mol. The van der Waals surface area contributed by atoms with Crippen LogP contribution in [0.1, 0.15) is 6.92 Å². The van der Waals surface area contributed by atoms with E-state index in [1.54, 1.807) is 0 Å². The third kappa shape index (κ3) is 1.69. The monoisotopic (exact) mass is 156 g/mol. The van der Waals surface area contributed by atoms with Crippen molar-refractivity contribution in [1.82, 2.24) is 5.32 Å². The summed E-state index contributed by atoms with van der Waals surface area (Å²) in [5.41, 5.74) is -0.877. The van der Waals surface area contributed by atoms with Crippen LogP contribution in [0.25, 0.3) is 0 Å². The topological polar surface area (TPSA) is 65.3 Å². The highest BCUT2D eigenvalue weighted by Crippen LogP contribution is 2.10. The van der Waals surface area contributed by atoms with Gasteiger partial charge in [-0.1, -0.05) is 0 Å². The molecule has 1 heterocycles. The number of morpholine rings is 1. The van der Waals surface area contributed by atoms with E-state index in [0.29, 0.717) is 6.61 Å². The van der Waals surface area contributed by atoms with Crippen molar-refractivity contribution in [3.63, 3.8) is 0 Å². The molecular formula is C7H12N2O2.